The van der Waals surface area contributed by atoms with Crippen LogP contribution in [-0.2, 0) is 4.79 Å². The van der Waals surface area contributed by atoms with Crippen molar-refractivity contribution in [1.29, 1.82) is 0 Å². The Hall–Kier alpha value is -1.51. The van der Waals surface area contributed by atoms with Crippen molar-refractivity contribution in [3.8, 4) is 0 Å². The van der Waals surface area contributed by atoms with E-state index in [2.05, 4.69) is 24.5 Å². The molecule has 0 aromatic heterocycles. The molecule has 2 rings (SSSR count). The lowest BCUT2D eigenvalue weighted by Gasteiger charge is -2.20. The molecule has 2 N–H and O–H groups in total. The predicted octanol–water partition coefficient (Wildman–Crippen LogP) is 3.55. The molecule has 0 saturated heterocycles. The molecule has 1 fully saturated rings. The number of amides is 1. The van der Waals surface area contributed by atoms with Crippen molar-refractivity contribution >= 4 is 17.3 Å². The summed E-state index contributed by atoms with van der Waals surface area (Å²) in [5.74, 6) is 0.804. The normalized spacial score (nSPS) is 16.2. The lowest BCUT2D eigenvalue weighted by molar-refractivity contribution is -0.114. The summed E-state index contributed by atoms with van der Waals surface area (Å²) < 4.78 is 0. The van der Waals surface area contributed by atoms with Gasteiger partial charge in [0.25, 0.3) is 0 Å². The Morgan fingerprint density at radius 2 is 2.17 bits per heavy atom. The number of hydrogen-bond acceptors (Lipinski definition) is 2. The Balaban J connectivity index is 2.12. The van der Waals surface area contributed by atoms with Crippen LogP contribution in [0.4, 0.5) is 11.4 Å². The van der Waals surface area contributed by atoms with Gasteiger partial charge in [0.1, 0.15) is 0 Å². The number of carbonyl (C=O) groups excluding carboxylic acids is 1. The van der Waals surface area contributed by atoms with Gasteiger partial charge in [0.05, 0.1) is 0 Å². The van der Waals surface area contributed by atoms with Crippen LogP contribution in [0.2, 0.25) is 0 Å². The van der Waals surface area contributed by atoms with E-state index in [-0.39, 0.29) is 5.91 Å². The van der Waals surface area contributed by atoms with Gasteiger partial charge < -0.3 is 10.6 Å². The second kappa shape index (κ2) is 5.42. The molecule has 1 unspecified atom stereocenters. The minimum atomic E-state index is -0.0287. The first-order valence-corrected chi connectivity index (χ1v) is 6.75. The molecule has 3 heteroatoms. The van der Waals surface area contributed by atoms with Gasteiger partial charge in [-0.1, -0.05) is 13.0 Å². The van der Waals surface area contributed by atoms with Crippen molar-refractivity contribution < 1.29 is 4.79 Å². The Bertz CT molecular complexity index is 438. The fourth-order valence-electron chi connectivity index (χ4n) is 2.31. The van der Waals surface area contributed by atoms with Crippen LogP contribution in [0.1, 0.15) is 38.7 Å². The standard InChI is InChI=1S/C15H22N2O/c1-4-14(12-6-7-12)17-15-9-13(16-11(3)18)8-5-10(15)2/h5,8-9,12,14,17H,4,6-7H2,1-3H3,(H,16,18). The van der Waals surface area contributed by atoms with Gasteiger partial charge in [0.2, 0.25) is 5.91 Å². The monoisotopic (exact) mass is 246 g/mol. The van der Waals surface area contributed by atoms with E-state index in [4.69, 9.17) is 0 Å². The highest BCUT2D eigenvalue weighted by Gasteiger charge is 2.29. The van der Waals surface area contributed by atoms with E-state index >= 15 is 0 Å². The highest BCUT2D eigenvalue weighted by Crippen LogP contribution is 2.36. The predicted molar refractivity (Wildman–Crippen MR) is 75.9 cm³/mol. The molecule has 0 heterocycles. The van der Waals surface area contributed by atoms with Gasteiger partial charge in [-0.3, -0.25) is 4.79 Å². The SMILES string of the molecule is CCC(Nc1cc(NC(C)=O)ccc1C)C1CC1. The van der Waals surface area contributed by atoms with E-state index < -0.39 is 0 Å². The molecule has 0 aliphatic heterocycles. The van der Waals surface area contributed by atoms with Crippen LogP contribution < -0.4 is 10.6 Å². The van der Waals surface area contributed by atoms with E-state index in [0.717, 1.165) is 23.7 Å². The number of hydrogen-bond donors (Lipinski definition) is 2. The Kier molecular flexibility index (Phi) is 3.90. The molecule has 98 valence electrons. The van der Waals surface area contributed by atoms with Crippen molar-refractivity contribution in [2.75, 3.05) is 10.6 Å². The number of nitrogens with one attached hydrogen (secondary N) is 2. The third-order valence-electron chi connectivity index (χ3n) is 3.53. The summed E-state index contributed by atoms with van der Waals surface area (Å²) in [6, 6.07) is 6.59. The average Bonchev–Trinajstić information content (AvgIpc) is 3.13. The van der Waals surface area contributed by atoms with E-state index in [9.17, 15) is 4.79 Å². The van der Waals surface area contributed by atoms with Crippen LogP contribution in [0.25, 0.3) is 0 Å². The van der Waals surface area contributed by atoms with Gasteiger partial charge in [-0.2, -0.15) is 0 Å². The molecular weight excluding hydrogens is 224 g/mol. The summed E-state index contributed by atoms with van der Waals surface area (Å²) in [7, 11) is 0. The number of aryl methyl sites for hydroxylation is 1. The maximum Gasteiger partial charge on any atom is 0.221 e. The molecule has 3 nitrogen and oxygen atoms in total. The molecule has 1 saturated carbocycles. The zero-order valence-electron chi connectivity index (χ0n) is 11.4. The first-order chi connectivity index (χ1) is 8.60. The van der Waals surface area contributed by atoms with E-state index in [0.29, 0.717) is 6.04 Å². The van der Waals surface area contributed by atoms with Gasteiger partial charge in [-0.25, -0.2) is 0 Å². The Labute approximate surface area is 109 Å². The van der Waals surface area contributed by atoms with Crippen LogP contribution in [0.5, 0.6) is 0 Å². The quantitative estimate of drug-likeness (QED) is 0.834. The summed E-state index contributed by atoms with van der Waals surface area (Å²) in [5, 5.41) is 6.45. The molecule has 1 aromatic rings. The van der Waals surface area contributed by atoms with Crippen molar-refractivity contribution in [3.63, 3.8) is 0 Å². The molecule has 1 aliphatic rings. The minimum absolute atomic E-state index is 0.0287. The Morgan fingerprint density at radius 3 is 2.72 bits per heavy atom. The van der Waals surface area contributed by atoms with Gasteiger partial charge in [-0.15, -0.1) is 0 Å². The number of benzene rings is 1. The van der Waals surface area contributed by atoms with E-state index in [1.807, 2.05) is 18.2 Å². The fraction of sp³-hybridized carbons (Fsp3) is 0.533. The molecule has 1 atom stereocenters. The summed E-state index contributed by atoms with van der Waals surface area (Å²) in [6.07, 6.45) is 3.83. The van der Waals surface area contributed by atoms with Crippen LogP contribution in [0.15, 0.2) is 18.2 Å². The highest BCUT2D eigenvalue weighted by atomic mass is 16.1. The number of rotatable bonds is 5. The van der Waals surface area contributed by atoms with Gasteiger partial charge in [-0.05, 0) is 49.8 Å². The van der Waals surface area contributed by atoms with Crippen molar-refractivity contribution in [2.24, 2.45) is 5.92 Å². The summed E-state index contributed by atoms with van der Waals surface area (Å²) in [4.78, 5) is 11.1. The van der Waals surface area contributed by atoms with Gasteiger partial charge in [0, 0.05) is 24.3 Å². The van der Waals surface area contributed by atoms with Crippen LogP contribution >= 0.6 is 0 Å². The largest absolute Gasteiger partial charge is 0.382 e. The molecule has 18 heavy (non-hydrogen) atoms. The highest BCUT2D eigenvalue weighted by molar-refractivity contribution is 5.89. The lowest BCUT2D eigenvalue weighted by atomic mass is 10.1. The second-order valence-corrected chi connectivity index (χ2v) is 5.21. The molecule has 1 aromatic carbocycles. The molecule has 0 radical (unpaired) electrons. The van der Waals surface area contributed by atoms with Crippen molar-refractivity contribution in [2.45, 2.75) is 46.1 Å². The average molecular weight is 246 g/mol. The van der Waals surface area contributed by atoms with Gasteiger partial charge in [0.15, 0.2) is 0 Å². The maximum absolute atomic E-state index is 11.1. The van der Waals surface area contributed by atoms with Crippen LogP contribution in [0, 0.1) is 12.8 Å². The van der Waals surface area contributed by atoms with E-state index in [1.54, 1.807) is 0 Å². The van der Waals surface area contributed by atoms with Crippen LogP contribution in [0.3, 0.4) is 0 Å². The number of anilines is 2. The first kappa shape index (κ1) is 12.9. The smallest absolute Gasteiger partial charge is 0.221 e. The van der Waals surface area contributed by atoms with Crippen molar-refractivity contribution in [3.05, 3.63) is 23.8 Å². The molecule has 0 spiro atoms. The third-order valence-corrected chi connectivity index (χ3v) is 3.53. The third kappa shape index (κ3) is 3.25. The molecular formula is C15H22N2O. The number of carbonyl (C=O) groups is 1. The zero-order chi connectivity index (χ0) is 13.1. The second-order valence-electron chi connectivity index (χ2n) is 5.21. The molecule has 0 bridgehead atoms. The van der Waals surface area contributed by atoms with Gasteiger partial charge >= 0.3 is 0 Å². The van der Waals surface area contributed by atoms with Crippen molar-refractivity contribution in [1.82, 2.24) is 0 Å². The topological polar surface area (TPSA) is 41.1 Å². The van der Waals surface area contributed by atoms with E-state index in [1.165, 1.54) is 25.3 Å². The summed E-state index contributed by atoms with van der Waals surface area (Å²) >= 11 is 0. The fourth-order valence-corrected chi connectivity index (χ4v) is 2.31. The Morgan fingerprint density at radius 1 is 1.44 bits per heavy atom. The zero-order valence-corrected chi connectivity index (χ0v) is 11.4. The maximum atomic E-state index is 11.1. The lowest BCUT2D eigenvalue weighted by Crippen LogP contribution is -2.21. The summed E-state index contributed by atoms with van der Waals surface area (Å²) in [6.45, 7) is 5.86. The van der Waals surface area contributed by atoms with Crippen LogP contribution in [-0.4, -0.2) is 11.9 Å². The molecule has 1 amide bonds. The minimum Gasteiger partial charge on any atom is -0.382 e. The summed E-state index contributed by atoms with van der Waals surface area (Å²) in [5.41, 5.74) is 3.23. The first-order valence-electron chi connectivity index (χ1n) is 6.75. The molecule has 1 aliphatic carbocycles.